The highest BCUT2D eigenvalue weighted by Gasteiger charge is 2.15. The smallest absolute Gasteiger partial charge is 0.265 e. The van der Waals surface area contributed by atoms with Crippen molar-refractivity contribution < 1.29 is 9.53 Å². The predicted molar refractivity (Wildman–Crippen MR) is 81.1 cm³/mol. The summed E-state index contributed by atoms with van der Waals surface area (Å²) in [5.74, 6) is 0.580. The van der Waals surface area contributed by atoms with E-state index in [2.05, 4.69) is 5.32 Å². The Morgan fingerprint density at radius 3 is 2.35 bits per heavy atom. The lowest BCUT2D eigenvalue weighted by Gasteiger charge is -2.16. The van der Waals surface area contributed by atoms with Crippen molar-refractivity contribution in [2.24, 2.45) is 0 Å². The summed E-state index contributed by atoms with van der Waals surface area (Å²) >= 11 is 0. The second kappa shape index (κ2) is 6.24. The van der Waals surface area contributed by atoms with Crippen molar-refractivity contribution >= 4 is 11.6 Å². The van der Waals surface area contributed by atoms with Crippen molar-refractivity contribution in [3.63, 3.8) is 0 Å². The summed E-state index contributed by atoms with van der Waals surface area (Å²) in [6, 6.07) is 15.4. The van der Waals surface area contributed by atoms with E-state index in [9.17, 15) is 4.79 Å². The second-order valence-electron chi connectivity index (χ2n) is 4.88. The Hall–Kier alpha value is -2.29. The first-order valence-corrected chi connectivity index (χ1v) is 6.66. The maximum Gasteiger partial charge on any atom is 0.265 e. The summed E-state index contributed by atoms with van der Waals surface area (Å²) in [5.41, 5.74) is 2.95. The number of amides is 1. The third-order valence-corrected chi connectivity index (χ3v) is 3.09. The predicted octanol–water partition coefficient (Wildman–Crippen LogP) is 3.71. The largest absolute Gasteiger partial charge is 0.481 e. The Kier molecular flexibility index (Phi) is 4.41. The molecular weight excluding hydrogens is 250 g/mol. The fourth-order valence-corrected chi connectivity index (χ4v) is 1.81. The molecule has 0 radical (unpaired) electrons. The van der Waals surface area contributed by atoms with E-state index in [1.54, 1.807) is 6.92 Å². The lowest BCUT2D eigenvalue weighted by atomic mass is 10.2. The average molecular weight is 269 g/mol. The number of ether oxygens (including phenoxy) is 1. The summed E-state index contributed by atoms with van der Waals surface area (Å²) in [5, 5.41) is 2.84. The average Bonchev–Trinajstić information content (AvgIpc) is 2.44. The number of hydrogen-bond donors (Lipinski definition) is 1. The zero-order chi connectivity index (χ0) is 14.5. The normalized spacial score (nSPS) is 11.8. The van der Waals surface area contributed by atoms with Gasteiger partial charge in [-0.2, -0.15) is 0 Å². The summed E-state index contributed by atoms with van der Waals surface area (Å²) in [6.45, 7) is 5.71. The molecule has 0 spiro atoms. The fraction of sp³-hybridized carbons (Fsp3) is 0.235. The topological polar surface area (TPSA) is 38.3 Å². The molecule has 2 rings (SSSR count). The minimum atomic E-state index is -0.544. The van der Waals surface area contributed by atoms with Crippen molar-refractivity contribution in [2.45, 2.75) is 26.9 Å². The van der Waals surface area contributed by atoms with E-state index in [1.807, 2.05) is 62.4 Å². The standard InChI is InChI=1S/C17H19NO2/c1-12-8-10-15(11-9-12)18-17(19)14(3)20-16-7-5-4-6-13(16)2/h4-11,14H,1-3H3,(H,18,19)/t14-/m1/s1. The molecule has 0 bridgehead atoms. The molecule has 0 saturated carbocycles. The first-order chi connectivity index (χ1) is 9.56. The van der Waals surface area contributed by atoms with Gasteiger partial charge in [-0.1, -0.05) is 35.9 Å². The van der Waals surface area contributed by atoms with Gasteiger partial charge in [-0.05, 0) is 44.5 Å². The quantitative estimate of drug-likeness (QED) is 0.919. The zero-order valence-electron chi connectivity index (χ0n) is 12.0. The van der Waals surface area contributed by atoms with Crippen LogP contribution in [-0.2, 0) is 4.79 Å². The molecule has 0 aromatic heterocycles. The van der Waals surface area contributed by atoms with E-state index >= 15 is 0 Å². The molecule has 3 heteroatoms. The number of rotatable bonds is 4. The molecule has 0 unspecified atom stereocenters. The van der Waals surface area contributed by atoms with E-state index in [1.165, 1.54) is 0 Å². The number of carbonyl (C=O) groups excluding carboxylic acids is 1. The number of aryl methyl sites for hydroxylation is 2. The Morgan fingerprint density at radius 2 is 1.70 bits per heavy atom. The van der Waals surface area contributed by atoms with E-state index in [4.69, 9.17) is 4.74 Å². The first kappa shape index (κ1) is 14.1. The van der Waals surface area contributed by atoms with Gasteiger partial charge in [-0.15, -0.1) is 0 Å². The van der Waals surface area contributed by atoms with Crippen LogP contribution in [0, 0.1) is 13.8 Å². The minimum absolute atomic E-state index is 0.155. The fourth-order valence-electron chi connectivity index (χ4n) is 1.81. The van der Waals surface area contributed by atoms with Crippen LogP contribution in [0.3, 0.4) is 0 Å². The first-order valence-electron chi connectivity index (χ1n) is 6.66. The third-order valence-electron chi connectivity index (χ3n) is 3.09. The Balaban J connectivity index is 1.99. The van der Waals surface area contributed by atoms with Crippen LogP contribution in [0.1, 0.15) is 18.1 Å². The van der Waals surface area contributed by atoms with Crippen LogP contribution in [0.2, 0.25) is 0 Å². The monoisotopic (exact) mass is 269 g/mol. The molecule has 0 fully saturated rings. The highest BCUT2D eigenvalue weighted by molar-refractivity contribution is 5.94. The molecule has 0 aliphatic carbocycles. The molecule has 1 atom stereocenters. The van der Waals surface area contributed by atoms with Gasteiger partial charge in [0.25, 0.3) is 5.91 Å². The van der Waals surface area contributed by atoms with Crippen molar-refractivity contribution in [3.05, 3.63) is 59.7 Å². The molecule has 2 aromatic rings. The lowest BCUT2D eigenvalue weighted by molar-refractivity contribution is -0.122. The van der Waals surface area contributed by atoms with Crippen LogP contribution in [-0.4, -0.2) is 12.0 Å². The third kappa shape index (κ3) is 3.60. The number of carbonyl (C=O) groups is 1. The van der Waals surface area contributed by atoms with Gasteiger partial charge in [0.2, 0.25) is 0 Å². The Morgan fingerprint density at radius 1 is 1.05 bits per heavy atom. The molecule has 0 aliphatic rings. The van der Waals surface area contributed by atoms with E-state index in [-0.39, 0.29) is 5.91 Å². The summed E-state index contributed by atoms with van der Waals surface area (Å²) < 4.78 is 5.69. The van der Waals surface area contributed by atoms with E-state index in [0.29, 0.717) is 0 Å². The van der Waals surface area contributed by atoms with Crippen LogP contribution >= 0.6 is 0 Å². The summed E-state index contributed by atoms with van der Waals surface area (Å²) in [7, 11) is 0. The summed E-state index contributed by atoms with van der Waals surface area (Å²) in [6.07, 6.45) is -0.544. The number of anilines is 1. The van der Waals surface area contributed by atoms with Crippen LogP contribution in [0.15, 0.2) is 48.5 Å². The van der Waals surface area contributed by atoms with Gasteiger partial charge in [-0.3, -0.25) is 4.79 Å². The zero-order valence-corrected chi connectivity index (χ0v) is 12.0. The number of hydrogen-bond acceptors (Lipinski definition) is 2. The highest BCUT2D eigenvalue weighted by atomic mass is 16.5. The molecule has 1 amide bonds. The molecule has 20 heavy (non-hydrogen) atoms. The molecular formula is C17H19NO2. The molecule has 0 saturated heterocycles. The van der Waals surface area contributed by atoms with Crippen LogP contribution in [0.5, 0.6) is 5.75 Å². The van der Waals surface area contributed by atoms with Gasteiger partial charge in [0.15, 0.2) is 6.10 Å². The SMILES string of the molecule is Cc1ccc(NC(=O)[C@@H](C)Oc2ccccc2C)cc1. The van der Waals surface area contributed by atoms with Crippen LogP contribution in [0.25, 0.3) is 0 Å². The van der Waals surface area contributed by atoms with Crippen LogP contribution < -0.4 is 10.1 Å². The number of para-hydroxylation sites is 1. The molecule has 3 nitrogen and oxygen atoms in total. The van der Waals surface area contributed by atoms with Gasteiger partial charge in [0, 0.05) is 5.69 Å². The maximum absolute atomic E-state index is 12.1. The van der Waals surface area contributed by atoms with Crippen molar-refractivity contribution in [2.75, 3.05) is 5.32 Å². The van der Waals surface area contributed by atoms with Crippen molar-refractivity contribution in [3.8, 4) is 5.75 Å². The molecule has 1 N–H and O–H groups in total. The molecule has 2 aromatic carbocycles. The van der Waals surface area contributed by atoms with E-state index in [0.717, 1.165) is 22.6 Å². The van der Waals surface area contributed by atoms with Crippen molar-refractivity contribution in [1.82, 2.24) is 0 Å². The maximum atomic E-state index is 12.1. The Bertz CT molecular complexity index is 590. The molecule has 0 aliphatic heterocycles. The van der Waals surface area contributed by atoms with Crippen LogP contribution in [0.4, 0.5) is 5.69 Å². The second-order valence-corrected chi connectivity index (χ2v) is 4.88. The minimum Gasteiger partial charge on any atom is -0.481 e. The van der Waals surface area contributed by atoms with Crippen molar-refractivity contribution in [1.29, 1.82) is 0 Å². The van der Waals surface area contributed by atoms with Gasteiger partial charge in [-0.25, -0.2) is 0 Å². The lowest BCUT2D eigenvalue weighted by Crippen LogP contribution is -2.30. The summed E-state index contributed by atoms with van der Waals surface area (Å²) in [4.78, 5) is 12.1. The molecule has 104 valence electrons. The van der Waals surface area contributed by atoms with Gasteiger partial charge in [0.1, 0.15) is 5.75 Å². The Labute approximate surface area is 119 Å². The van der Waals surface area contributed by atoms with Gasteiger partial charge >= 0.3 is 0 Å². The van der Waals surface area contributed by atoms with Gasteiger partial charge in [0.05, 0.1) is 0 Å². The molecule has 0 heterocycles. The number of nitrogens with one attached hydrogen (secondary N) is 1. The van der Waals surface area contributed by atoms with E-state index < -0.39 is 6.10 Å². The van der Waals surface area contributed by atoms with Gasteiger partial charge < -0.3 is 10.1 Å². The highest BCUT2D eigenvalue weighted by Crippen LogP contribution is 2.18. The number of benzene rings is 2.